The summed E-state index contributed by atoms with van der Waals surface area (Å²) in [6.07, 6.45) is 2.90. The molecule has 4 nitrogen and oxygen atoms in total. The van der Waals surface area contributed by atoms with Crippen molar-refractivity contribution in [2.24, 2.45) is 0 Å². The second kappa shape index (κ2) is 9.62. The number of halogens is 1. The largest absolute Gasteiger partial charge is 0.468 e. The maximum atomic E-state index is 13.0. The van der Waals surface area contributed by atoms with Gasteiger partial charge in [-0.05, 0) is 55.6 Å². The Morgan fingerprint density at radius 3 is 2.44 bits per heavy atom. The molecule has 2 aromatic rings. The van der Waals surface area contributed by atoms with Crippen LogP contribution in [0.3, 0.4) is 0 Å². The molecule has 1 saturated heterocycles. The summed E-state index contributed by atoms with van der Waals surface area (Å²) in [5.41, 5.74) is 2.09. The topological polar surface area (TPSA) is 41.6 Å². The molecule has 0 radical (unpaired) electrons. The molecule has 0 saturated carbocycles. The first-order valence-corrected chi connectivity index (χ1v) is 9.51. The summed E-state index contributed by atoms with van der Waals surface area (Å²) in [5, 5.41) is 3.48. The fourth-order valence-corrected chi connectivity index (χ4v) is 3.56. The minimum absolute atomic E-state index is 0.191. The second-order valence-electron chi connectivity index (χ2n) is 7.03. The number of esters is 1. The molecule has 0 aromatic heterocycles. The Bertz CT molecular complexity index is 713. The third-order valence-electron chi connectivity index (χ3n) is 5.19. The maximum Gasteiger partial charge on any atom is 0.327 e. The van der Waals surface area contributed by atoms with Gasteiger partial charge in [0.25, 0.3) is 0 Å². The van der Waals surface area contributed by atoms with E-state index in [2.05, 4.69) is 10.2 Å². The van der Waals surface area contributed by atoms with E-state index in [-0.39, 0.29) is 17.8 Å². The van der Waals surface area contributed by atoms with E-state index >= 15 is 0 Å². The van der Waals surface area contributed by atoms with Crippen molar-refractivity contribution < 1.29 is 13.9 Å². The molecule has 1 aliphatic heterocycles. The van der Waals surface area contributed by atoms with Crippen LogP contribution in [0.25, 0.3) is 0 Å². The number of carbonyl (C=O) groups excluding carboxylic acids is 1. The van der Waals surface area contributed by atoms with Crippen LogP contribution in [0.1, 0.15) is 30.0 Å². The monoisotopic (exact) mass is 370 g/mol. The van der Waals surface area contributed by atoms with Crippen LogP contribution >= 0.6 is 0 Å². The van der Waals surface area contributed by atoms with Crippen LogP contribution in [0.2, 0.25) is 0 Å². The van der Waals surface area contributed by atoms with Crippen LogP contribution < -0.4 is 5.32 Å². The molecule has 0 spiro atoms. The molecule has 2 aromatic carbocycles. The predicted molar refractivity (Wildman–Crippen MR) is 104 cm³/mol. The van der Waals surface area contributed by atoms with Gasteiger partial charge in [-0.3, -0.25) is 5.32 Å². The number of methoxy groups -OCH3 is 1. The zero-order valence-electron chi connectivity index (χ0n) is 15.7. The Balaban J connectivity index is 1.49. The highest BCUT2D eigenvalue weighted by molar-refractivity contribution is 5.77. The average molecular weight is 370 g/mol. The summed E-state index contributed by atoms with van der Waals surface area (Å²) < 4.78 is 18.0. The van der Waals surface area contributed by atoms with Gasteiger partial charge in [0.15, 0.2) is 0 Å². The number of carbonyl (C=O) groups is 1. The van der Waals surface area contributed by atoms with Gasteiger partial charge in [0.05, 0.1) is 7.11 Å². The number of nitrogens with zero attached hydrogens (tertiary/aromatic N) is 1. The first-order chi connectivity index (χ1) is 13.2. The molecule has 144 valence electrons. The van der Waals surface area contributed by atoms with Crippen molar-refractivity contribution in [3.8, 4) is 0 Å². The molecule has 27 heavy (non-hydrogen) atoms. The Morgan fingerprint density at radius 1 is 1.15 bits per heavy atom. The van der Waals surface area contributed by atoms with Gasteiger partial charge >= 0.3 is 5.97 Å². The number of hydrogen-bond donors (Lipinski definition) is 1. The van der Waals surface area contributed by atoms with Crippen LogP contribution in [0.4, 0.5) is 4.39 Å². The fourth-order valence-electron chi connectivity index (χ4n) is 3.56. The van der Waals surface area contributed by atoms with E-state index in [4.69, 9.17) is 4.74 Å². The number of nitrogens with one attached hydrogen (secondary N) is 1. The molecule has 1 fully saturated rings. The van der Waals surface area contributed by atoms with Crippen LogP contribution in [0, 0.1) is 5.82 Å². The van der Waals surface area contributed by atoms with E-state index in [0.29, 0.717) is 0 Å². The number of ether oxygens (including phenoxy) is 1. The van der Waals surface area contributed by atoms with E-state index < -0.39 is 6.04 Å². The Labute approximate surface area is 160 Å². The zero-order valence-corrected chi connectivity index (χ0v) is 15.7. The Kier molecular flexibility index (Phi) is 6.96. The van der Waals surface area contributed by atoms with E-state index in [1.807, 2.05) is 42.5 Å². The van der Waals surface area contributed by atoms with Gasteiger partial charge in [0.2, 0.25) is 0 Å². The highest BCUT2D eigenvalue weighted by Gasteiger charge is 2.27. The van der Waals surface area contributed by atoms with E-state index in [9.17, 15) is 9.18 Å². The standard InChI is InChI=1S/C22H27FN2O2/c1-27-22(26)21(18-5-3-2-4-6-18)24-20-12-15-25(16-13-20)14-11-17-7-9-19(23)10-8-17/h2-10,20-21,24H,11-16H2,1H3. The summed E-state index contributed by atoms with van der Waals surface area (Å²) >= 11 is 0. The maximum absolute atomic E-state index is 13.0. The van der Waals surface area contributed by atoms with Gasteiger partial charge in [-0.1, -0.05) is 42.5 Å². The Morgan fingerprint density at radius 2 is 1.81 bits per heavy atom. The summed E-state index contributed by atoms with van der Waals surface area (Å²) in [5.74, 6) is -0.441. The number of benzene rings is 2. The summed E-state index contributed by atoms with van der Waals surface area (Å²) in [6, 6.07) is 16.3. The minimum atomic E-state index is -0.424. The van der Waals surface area contributed by atoms with Crippen LogP contribution in [-0.2, 0) is 16.0 Å². The molecule has 1 aliphatic rings. The lowest BCUT2D eigenvalue weighted by molar-refractivity contribution is -0.143. The van der Waals surface area contributed by atoms with Crippen molar-refractivity contribution in [2.45, 2.75) is 31.3 Å². The third kappa shape index (κ3) is 5.62. The molecular formula is C22H27FN2O2. The van der Waals surface area contributed by atoms with Gasteiger partial charge in [0.1, 0.15) is 11.9 Å². The normalized spacial score (nSPS) is 16.8. The highest BCUT2D eigenvalue weighted by Crippen LogP contribution is 2.19. The molecule has 1 atom stereocenters. The van der Waals surface area contributed by atoms with E-state index in [0.717, 1.165) is 50.0 Å². The minimum Gasteiger partial charge on any atom is -0.468 e. The van der Waals surface area contributed by atoms with Crippen molar-refractivity contribution in [3.63, 3.8) is 0 Å². The average Bonchev–Trinajstić information content (AvgIpc) is 2.72. The smallest absolute Gasteiger partial charge is 0.327 e. The molecule has 0 aliphatic carbocycles. The highest BCUT2D eigenvalue weighted by atomic mass is 19.1. The molecular weight excluding hydrogens is 343 g/mol. The SMILES string of the molecule is COC(=O)C(NC1CCN(CCc2ccc(F)cc2)CC1)c1ccccc1. The molecule has 3 rings (SSSR count). The van der Waals surface area contributed by atoms with Crippen molar-refractivity contribution in [1.82, 2.24) is 10.2 Å². The van der Waals surface area contributed by atoms with Gasteiger partial charge in [-0.15, -0.1) is 0 Å². The number of hydrogen-bond acceptors (Lipinski definition) is 4. The summed E-state index contributed by atoms with van der Waals surface area (Å²) in [6.45, 7) is 2.94. The molecule has 1 unspecified atom stereocenters. The lowest BCUT2D eigenvalue weighted by atomic mass is 10.0. The predicted octanol–water partition coefficient (Wildman–Crippen LogP) is 3.34. The first-order valence-electron chi connectivity index (χ1n) is 9.51. The summed E-state index contributed by atoms with van der Waals surface area (Å²) in [4.78, 5) is 14.6. The molecule has 5 heteroatoms. The van der Waals surface area contributed by atoms with Crippen molar-refractivity contribution in [3.05, 3.63) is 71.5 Å². The lowest BCUT2D eigenvalue weighted by Crippen LogP contribution is -2.45. The molecule has 0 amide bonds. The van der Waals surface area contributed by atoms with Gasteiger partial charge in [-0.25, -0.2) is 9.18 Å². The van der Waals surface area contributed by atoms with Crippen molar-refractivity contribution in [1.29, 1.82) is 0 Å². The van der Waals surface area contributed by atoms with Gasteiger partial charge in [-0.2, -0.15) is 0 Å². The fraction of sp³-hybridized carbons (Fsp3) is 0.409. The van der Waals surface area contributed by atoms with Crippen LogP contribution in [0.15, 0.2) is 54.6 Å². The van der Waals surface area contributed by atoms with E-state index in [1.165, 1.54) is 19.2 Å². The number of likely N-dealkylation sites (tertiary alicyclic amines) is 1. The van der Waals surface area contributed by atoms with Crippen molar-refractivity contribution in [2.75, 3.05) is 26.7 Å². The van der Waals surface area contributed by atoms with Crippen LogP contribution in [0.5, 0.6) is 0 Å². The molecule has 1 heterocycles. The number of rotatable bonds is 7. The molecule has 0 bridgehead atoms. The number of piperidine rings is 1. The van der Waals surface area contributed by atoms with Gasteiger partial charge < -0.3 is 9.64 Å². The molecule has 1 N–H and O–H groups in total. The van der Waals surface area contributed by atoms with Crippen LogP contribution in [-0.4, -0.2) is 43.7 Å². The second-order valence-corrected chi connectivity index (χ2v) is 7.03. The Hall–Kier alpha value is -2.24. The zero-order chi connectivity index (χ0) is 19.1. The summed E-state index contributed by atoms with van der Waals surface area (Å²) in [7, 11) is 1.43. The quantitative estimate of drug-likeness (QED) is 0.759. The first kappa shape index (κ1) is 19.5. The lowest BCUT2D eigenvalue weighted by Gasteiger charge is -2.34. The third-order valence-corrected chi connectivity index (χ3v) is 5.19. The van der Waals surface area contributed by atoms with E-state index in [1.54, 1.807) is 0 Å². The van der Waals surface area contributed by atoms with Crippen molar-refractivity contribution >= 4 is 5.97 Å². The van der Waals surface area contributed by atoms with Gasteiger partial charge in [0, 0.05) is 12.6 Å².